The lowest BCUT2D eigenvalue weighted by Crippen LogP contribution is -2.47. The normalized spacial score (nSPS) is 17.7. The molecule has 0 saturated carbocycles. The van der Waals surface area contributed by atoms with Crippen LogP contribution in [0.15, 0.2) is 29.3 Å². The van der Waals surface area contributed by atoms with E-state index in [-0.39, 0.29) is 24.0 Å². The zero-order chi connectivity index (χ0) is 19.9. The van der Waals surface area contributed by atoms with Crippen LogP contribution in [0.25, 0.3) is 0 Å². The van der Waals surface area contributed by atoms with Gasteiger partial charge in [0.2, 0.25) is 0 Å². The van der Waals surface area contributed by atoms with E-state index >= 15 is 0 Å². The smallest absolute Gasteiger partial charge is 0.356 e. The summed E-state index contributed by atoms with van der Waals surface area (Å²) in [7, 11) is 3.84. The Morgan fingerprint density at radius 1 is 1.11 bits per heavy atom. The highest BCUT2D eigenvalue weighted by molar-refractivity contribution is 14.0. The second-order valence-corrected chi connectivity index (χ2v) is 7.21. The number of likely N-dealkylation sites (N-methyl/N-ethyl adjacent to an activating group) is 1. The Kier molecular flexibility index (Phi) is 10.5. The number of piperazine rings is 1. The van der Waals surface area contributed by atoms with Gasteiger partial charge < -0.3 is 20.4 Å². The highest BCUT2D eigenvalue weighted by atomic mass is 127. The summed E-state index contributed by atoms with van der Waals surface area (Å²) < 4.78 is 37.8. The topological polar surface area (TPSA) is 42.9 Å². The summed E-state index contributed by atoms with van der Waals surface area (Å²) in [5.74, 6) is 1.12. The monoisotopic (exact) mass is 513 g/mol. The molecule has 1 aliphatic rings. The van der Waals surface area contributed by atoms with Gasteiger partial charge in [-0.3, -0.25) is 4.99 Å². The first-order chi connectivity index (χ1) is 12.8. The molecule has 5 nitrogen and oxygen atoms in total. The van der Waals surface area contributed by atoms with Crippen molar-refractivity contribution in [1.29, 1.82) is 0 Å². The molecule has 0 radical (unpaired) electrons. The van der Waals surface area contributed by atoms with Crippen LogP contribution >= 0.6 is 24.0 Å². The molecule has 1 fully saturated rings. The first-order valence-electron chi connectivity index (χ1n) is 9.29. The van der Waals surface area contributed by atoms with Crippen molar-refractivity contribution in [3.63, 3.8) is 0 Å². The number of hydrogen-bond acceptors (Lipinski definition) is 3. The molecule has 0 aliphatic carbocycles. The standard InChI is InChI=1S/C19H30F3N5.HI/c1-15(14-27-10-8-26(3)9-11-27)12-24-18(23-2)25-13-16-4-6-17(7-5-16)19(20,21)22;/h4-7,15H,8-14H2,1-3H3,(H2,23,24,25);1H. The van der Waals surface area contributed by atoms with Gasteiger partial charge in [-0.15, -0.1) is 24.0 Å². The number of halogens is 4. The fraction of sp³-hybridized carbons (Fsp3) is 0.632. The molecule has 1 heterocycles. The van der Waals surface area contributed by atoms with Crippen molar-refractivity contribution in [2.75, 3.05) is 53.4 Å². The molecule has 1 unspecified atom stereocenters. The van der Waals surface area contributed by atoms with E-state index < -0.39 is 11.7 Å². The Bertz CT molecular complexity index is 599. The Hall–Kier alpha value is -1.07. The Balaban J connectivity index is 0.00000392. The Labute approximate surface area is 182 Å². The molecule has 1 atom stereocenters. The van der Waals surface area contributed by atoms with Gasteiger partial charge in [-0.2, -0.15) is 13.2 Å². The van der Waals surface area contributed by atoms with Crippen LogP contribution in [-0.4, -0.2) is 69.1 Å². The van der Waals surface area contributed by atoms with E-state index in [1.54, 1.807) is 7.05 Å². The molecule has 0 aromatic heterocycles. The zero-order valence-corrected chi connectivity index (χ0v) is 19.1. The predicted octanol–water partition coefficient (Wildman–Crippen LogP) is 2.87. The average molecular weight is 513 g/mol. The van der Waals surface area contributed by atoms with E-state index in [2.05, 4.69) is 39.4 Å². The minimum Gasteiger partial charge on any atom is -0.356 e. The van der Waals surface area contributed by atoms with Crippen LogP contribution in [0, 0.1) is 5.92 Å². The van der Waals surface area contributed by atoms with Crippen molar-refractivity contribution in [2.24, 2.45) is 10.9 Å². The summed E-state index contributed by atoms with van der Waals surface area (Å²) >= 11 is 0. The van der Waals surface area contributed by atoms with Crippen LogP contribution in [0.1, 0.15) is 18.1 Å². The number of alkyl halides is 3. The van der Waals surface area contributed by atoms with Gasteiger partial charge in [0.1, 0.15) is 0 Å². The highest BCUT2D eigenvalue weighted by Gasteiger charge is 2.29. The van der Waals surface area contributed by atoms with E-state index in [1.807, 2.05) is 0 Å². The van der Waals surface area contributed by atoms with Crippen molar-refractivity contribution >= 4 is 29.9 Å². The number of benzene rings is 1. The number of nitrogens with zero attached hydrogens (tertiary/aromatic N) is 3. The SMILES string of the molecule is CN=C(NCc1ccc(C(F)(F)F)cc1)NCC(C)CN1CCN(C)CC1.I. The first kappa shape index (κ1) is 25.0. The fourth-order valence-electron chi connectivity index (χ4n) is 3.02. The van der Waals surface area contributed by atoms with Gasteiger partial charge in [0.25, 0.3) is 0 Å². The molecule has 1 aromatic rings. The number of guanidine groups is 1. The zero-order valence-electron chi connectivity index (χ0n) is 16.7. The van der Waals surface area contributed by atoms with E-state index in [0.717, 1.165) is 57.0 Å². The Morgan fingerprint density at radius 2 is 1.71 bits per heavy atom. The predicted molar refractivity (Wildman–Crippen MR) is 118 cm³/mol. The molecular formula is C19H31F3IN5. The second-order valence-electron chi connectivity index (χ2n) is 7.21. The van der Waals surface area contributed by atoms with Gasteiger partial charge in [-0.25, -0.2) is 0 Å². The number of hydrogen-bond donors (Lipinski definition) is 2. The molecule has 1 aromatic carbocycles. The first-order valence-corrected chi connectivity index (χ1v) is 9.29. The lowest BCUT2D eigenvalue weighted by atomic mass is 10.1. The number of aliphatic imine (C=N–C) groups is 1. The minimum absolute atomic E-state index is 0. The number of rotatable bonds is 6. The van der Waals surface area contributed by atoms with Crippen molar-refractivity contribution < 1.29 is 13.2 Å². The van der Waals surface area contributed by atoms with Crippen molar-refractivity contribution in [3.05, 3.63) is 35.4 Å². The molecule has 1 aliphatic heterocycles. The summed E-state index contributed by atoms with van der Waals surface area (Å²) in [5, 5.41) is 6.44. The molecular weight excluding hydrogens is 482 g/mol. The Morgan fingerprint density at radius 3 is 2.25 bits per heavy atom. The van der Waals surface area contributed by atoms with Crippen LogP contribution in [0.4, 0.5) is 13.2 Å². The van der Waals surface area contributed by atoms with Crippen molar-refractivity contribution in [3.8, 4) is 0 Å². The maximum atomic E-state index is 12.6. The van der Waals surface area contributed by atoms with Gasteiger partial charge in [0, 0.05) is 52.9 Å². The molecule has 0 bridgehead atoms. The lowest BCUT2D eigenvalue weighted by Gasteiger charge is -2.34. The molecule has 2 rings (SSSR count). The maximum Gasteiger partial charge on any atom is 0.416 e. The second kappa shape index (κ2) is 11.8. The van der Waals surface area contributed by atoms with Crippen LogP contribution < -0.4 is 10.6 Å². The molecule has 160 valence electrons. The quantitative estimate of drug-likeness (QED) is 0.349. The van der Waals surface area contributed by atoms with E-state index in [0.29, 0.717) is 18.4 Å². The molecule has 0 spiro atoms. The fourth-order valence-corrected chi connectivity index (χ4v) is 3.02. The van der Waals surface area contributed by atoms with Gasteiger partial charge in [-0.05, 0) is 30.7 Å². The van der Waals surface area contributed by atoms with E-state index in [1.165, 1.54) is 12.1 Å². The van der Waals surface area contributed by atoms with Crippen molar-refractivity contribution in [2.45, 2.75) is 19.6 Å². The van der Waals surface area contributed by atoms with Gasteiger partial charge >= 0.3 is 6.18 Å². The van der Waals surface area contributed by atoms with Crippen LogP contribution in [0.2, 0.25) is 0 Å². The van der Waals surface area contributed by atoms with Crippen molar-refractivity contribution in [1.82, 2.24) is 20.4 Å². The summed E-state index contributed by atoms with van der Waals surface area (Å²) in [6, 6.07) is 5.18. The highest BCUT2D eigenvalue weighted by Crippen LogP contribution is 2.29. The summed E-state index contributed by atoms with van der Waals surface area (Å²) in [4.78, 5) is 9.00. The third-order valence-corrected chi connectivity index (χ3v) is 4.75. The molecule has 0 amide bonds. The van der Waals surface area contributed by atoms with Crippen LogP contribution in [0.5, 0.6) is 0 Å². The minimum atomic E-state index is -4.30. The summed E-state index contributed by atoms with van der Waals surface area (Å²) in [6.45, 7) is 8.87. The largest absolute Gasteiger partial charge is 0.416 e. The summed E-state index contributed by atoms with van der Waals surface area (Å²) in [5.41, 5.74) is 0.142. The molecule has 1 saturated heterocycles. The van der Waals surface area contributed by atoms with Gasteiger partial charge in [0.15, 0.2) is 5.96 Å². The maximum absolute atomic E-state index is 12.6. The average Bonchev–Trinajstić information content (AvgIpc) is 2.63. The molecule has 2 N–H and O–H groups in total. The lowest BCUT2D eigenvalue weighted by molar-refractivity contribution is -0.137. The van der Waals surface area contributed by atoms with Crippen LogP contribution in [0.3, 0.4) is 0 Å². The van der Waals surface area contributed by atoms with E-state index in [9.17, 15) is 13.2 Å². The molecule has 9 heteroatoms. The molecule has 28 heavy (non-hydrogen) atoms. The van der Waals surface area contributed by atoms with Gasteiger partial charge in [0.05, 0.1) is 5.56 Å². The third kappa shape index (κ3) is 8.52. The van der Waals surface area contributed by atoms with Gasteiger partial charge in [-0.1, -0.05) is 19.1 Å². The van der Waals surface area contributed by atoms with E-state index in [4.69, 9.17) is 0 Å². The third-order valence-electron chi connectivity index (χ3n) is 4.75. The number of nitrogens with one attached hydrogen (secondary N) is 2. The van der Waals surface area contributed by atoms with Crippen LogP contribution in [-0.2, 0) is 12.7 Å². The summed E-state index contributed by atoms with van der Waals surface area (Å²) in [6.07, 6.45) is -4.30.